The summed E-state index contributed by atoms with van der Waals surface area (Å²) in [6, 6.07) is 18.8. The number of methoxy groups -OCH3 is 1. The van der Waals surface area contributed by atoms with Crippen LogP contribution in [0.3, 0.4) is 0 Å². The number of nitrogens with zero attached hydrogens (tertiary/aromatic N) is 1. The van der Waals surface area contributed by atoms with Crippen molar-refractivity contribution >= 4 is 23.0 Å². The predicted molar refractivity (Wildman–Crippen MR) is 103 cm³/mol. The molecule has 0 heterocycles. The molecule has 1 aliphatic rings. The van der Waals surface area contributed by atoms with Crippen LogP contribution in [-0.2, 0) is 6.54 Å². The van der Waals surface area contributed by atoms with Gasteiger partial charge in [-0.1, -0.05) is 30.3 Å². The standard InChI is InChI=1S/C20H24N2OS/c1-15(17-8-9-17)22(14-16-6-4-3-5-7-16)20(24)21-18-10-12-19(23-2)13-11-18/h3-7,10-13,15,17H,8-9,14H2,1-2H3,(H,21,24). The van der Waals surface area contributed by atoms with Crippen molar-refractivity contribution < 1.29 is 4.74 Å². The molecule has 2 aromatic carbocycles. The lowest BCUT2D eigenvalue weighted by molar-refractivity contribution is 0.298. The number of benzene rings is 2. The third kappa shape index (κ3) is 4.26. The Morgan fingerprint density at radius 3 is 2.42 bits per heavy atom. The van der Waals surface area contributed by atoms with Crippen LogP contribution in [0.25, 0.3) is 0 Å². The predicted octanol–water partition coefficient (Wildman–Crippen LogP) is 4.69. The van der Waals surface area contributed by atoms with Crippen LogP contribution in [0.4, 0.5) is 5.69 Å². The van der Waals surface area contributed by atoms with Crippen LogP contribution in [-0.4, -0.2) is 23.2 Å². The Hall–Kier alpha value is -2.07. The molecular weight excluding hydrogens is 316 g/mol. The van der Waals surface area contributed by atoms with Crippen LogP contribution in [0.2, 0.25) is 0 Å². The van der Waals surface area contributed by atoms with E-state index in [1.54, 1.807) is 7.11 Å². The minimum absolute atomic E-state index is 0.448. The first-order valence-electron chi connectivity index (χ1n) is 8.43. The molecule has 1 atom stereocenters. The fourth-order valence-electron chi connectivity index (χ4n) is 2.88. The fourth-order valence-corrected chi connectivity index (χ4v) is 3.23. The lowest BCUT2D eigenvalue weighted by atomic mass is 10.1. The van der Waals surface area contributed by atoms with Gasteiger partial charge in [0.1, 0.15) is 5.75 Å². The van der Waals surface area contributed by atoms with Gasteiger partial charge < -0.3 is 15.0 Å². The van der Waals surface area contributed by atoms with Gasteiger partial charge in [0, 0.05) is 18.3 Å². The molecule has 1 N–H and O–H groups in total. The molecule has 1 saturated carbocycles. The van der Waals surface area contributed by atoms with E-state index in [1.165, 1.54) is 18.4 Å². The van der Waals surface area contributed by atoms with E-state index in [4.69, 9.17) is 17.0 Å². The zero-order valence-electron chi connectivity index (χ0n) is 14.2. The van der Waals surface area contributed by atoms with Crippen molar-refractivity contribution in [1.82, 2.24) is 4.90 Å². The molecular formula is C20H24N2OS. The molecule has 0 bridgehead atoms. The number of hydrogen-bond donors (Lipinski definition) is 1. The summed E-state index contributed by atoms with van der Waals surface area (Å²) in [5.74, 6) is 1.60. The van der Waals surface area contributed by atoms with Crippen LogP contribution in [0.1, 0.15) is 25.3 Å². The normalized spacial score (nSPS) is 14.8. The minimum atomic E-state index is 0.448. The maximum Gasteiger partial charge on any atom is 0.173 e. The summed E-state index contributed by atoms with van der Waals surface area (Å²) in [6.45, 7) is 3.11. The fraction of sp³-hybridized carbons (Fsp3) is 0.350. The van der Waals surface area contributed by atoms with Gasteiger partial charge in [-0.3, -0.25) is 0 Å². The van der Waals surface area contributed by atoms with Crippen LogP contribution >= 0.6 is 12.2 Å². The van der Waals surface area contributed by atoms with E-state index in [0.717, 1.165) is 29.0 Å². The first kappa shape index (κ1) is 16.8. The Morgan fingerprint density at radius 2 is 1.83 bits per heavy atom. The lowest BCUT2D eigenvalue weighted by Crippen LogP contribution is -2.41. The van der Waals surface area contributed by atoms with Gasteiger partial charge in [0.05, 0.1) is 7.11 Å². The van der Waals surface area contributed by atoms with Gasteiger partial charge in [-0.2, -0.15) is 0 Å². The van der Waals surface area contributed by atoms with Crippen LogP contribution < -0.4 is 10.1 Å². The number of rotatable bonds is 6. The molecule has 1 fully saturated rings. The zero-order valence-corrected chi connectivity index (χ0v) is 15.1. The van der Waals surface area contributed by atoms with E-state index in [1.807, 2.05) is 30.3 Å². The molecule has 4 heteroatoms. The molecule has 0 aromatic heterocycles. The summed E-state index contributed by atoms with van der Waals surface area (Å²) in [5, 5.41) is 4.16. The quantitative estimate of drug-likeness (QED) is 0.771. The lowest BCUT2D eigenvalue weighted by Gasteiger charge is -2.32. The molecule has 1 aliphatic carbocycles. The first-order valence-corrected chi connectivity index (χ1v) is 8.84. The van der Waals surface area contributed by atoms with Crippen molar-refractivity contribution in [2.24, 2.45) is 5.92 Å². The number of hydrogen-bond acceptors (Lipinski definition) is 2. The Labute approximate surface area is 149 Å². The highest BCUT2D eigenvalue weighted by molar-refractivity contribution is 7.80. The molecule has 0 aliphatic heterocycles. The molecule has 2 aromatic rings. The summed E-state index contributed by atoms with van der Waals surface area (Å²) in [7, 11) is 1.67. The SMILES string of the molecule is COc1ccc(NC(=S)N(Cc2ccccc2)C(C)C2CC2)cc1. The Bertz CT molecular complexity index is 668. The van der Waals surface area contributed by atoms with Gasteiger partial charge in [0.2, 0.25) is 0 Å². The van der Waals surface area contributed by atoms with Gasteiger partial charge in [0.25, 0.3) is 0 Å². The highest BCUT2D eigenvalue weighted by atomic mass is 32.1. The monoisotopic (exact) mass is 340 g/mol. The van der Waals surface area contributed by atoms with Gasteiger partial charge in [-0.05, 0) is 67.7 Å². The summed E-state index contributed by atoms with van der Waals surface area (Å²) < 4.78 is 5.21. The van der Waals surface area contributed by atoms with Gasteiger partial charge in [0.15, 0.2) is 5.11 Å². The van der Waals surface area contributed by atoms with Gasteiger partial charge >= 0.3 is 0 Å². The molecule has 0 amide bonds. The van der Waals surface area contributed by atoms with Crippen molar-refractivity contribution in [2.75, 3.05) is 12.4 Å². The maximum atomic E-state index is 5.72. The van der Waals surface area contributed by atoms with Crippen molar-refractivity contribution in [3.05, 3.63) is 60.2 Å². The Morgan fingerprint density at radius 1 is 1.17 bits per heavy atom. The molecule has 0 spiro atoms. The van der Waals surface area contributed by atoms with E-state index in [-0.39, 0.29) is 0 Å². The topological polar surface area (TPSA) is 24.5 Å². The third-order valence-electron chi connectivity index (χ3n) is 4.59. The molecule has 3 rings (SSSR count). The molecule has 24 heavy (non-hydrogen) atoms. The molecule has 126 valence electrons. The number of anilines is 1. The van der Waals surface area contributed by atoms with Crippen LogP contribution in [0.15, 0.2) is 54.6 Å². The maximum absolute atomic E-state index is 5.72. The third-order valence-corrected chi connectivity index (χ3v) is 4.93. The van der Waals surface area contributed by atoms with E-state index < -0.39 is 0 Å². The molecule has 0 radical (unpaired) electrons. The average molecular weight is 340 g/mol. The first-order chi connectivity index (χ1) is 11.7. The number of nitrogens with one attached hydrogen (secondary N) is 1. The number of ether oxygens (including phenoxy) is 1. The number of thiocarbonyl (C=S) groups is 1. The van der Waals surface area contributed by atoms with Crippen molar-refractivity contribution in [3.63, 3.8) is 0 Å². The van der Waals surface area contributed by atoms with Crippen LogP contribution in [0.5, 0.6) is 5.75 Å². The second-order valence-corrected chi connectivity index (χ2v) is 6.74. The largest absolute Gasteiger partial charge is 0.497 e. The Balaban J connectivity index is 1.72. The minimum Gasteiger partial charge on any atom is -0.497 e. The molecule has 1 unspecified atom stereocenters. The van der Waals surface area contributed by atoms with Crippen molar-refractivity contribution in [3.8, 4) is 5.75 Å². The van der Waals surface area contributed by atoms with E-state index >= 15 is 0 Å². The zero-order chi connectivity index (χ0) is 16.9. The Kier molecular flexibility index (Phi) is 5.36. The van der Waals surface area contributed by atoms with E-state index in [9.17, 15) is 0 Å². The summed E-state index contributed by atoms with van der Waals surface area (Å²) in [5.41, 5.74) is 2.27. The highest BCUT2D eigenvalue weighted by Gasteiger charge is 2.33. The van der Waals surface area contributed by atoms with Crippen LogP contribution in [0, 0.1) is 5.92 Å². The second kappa shape index (κ2) is 7.67. The molecule has 3 nitrogen and oxygen atoms in total. The summed E-state index contributed by atoms with van der Waals surface area (Å²) in [6.07, 6.45) is 2.61. The molecule has 0 saturated heterocycles. The summed E-state index contributed by atoms with van der Waals surface area (Å²) in [4.78, 5) is 2.31. The van der Waals surface area contributed by atoms with Gasteiger partial charge in [-0.25, -0.2) is 0 Å². The second-order valence-electron chi connectivity index (χ2n) is 6.35. The highest BCUT2D eigenvalue weighted by Crippen LogP contribution is 2.36. The summed E-state index contributed by atoms with van der Waals surface area (Å²) >= 11 is 5.72. The van der Waals surface area contributed by atoms with Crippen molar-refractivity contribution in [2.45, 2.75) is 32.4 Å². The average Bonchev–Trinajstić information content (AvgIpc) is 3.46. The van der Waals surface area contributed by atoms with Gasteiger partial charge in [-0.15, -0.1) is 0 Å². The van der Waals surface area contributed by atoms with E-state index in [2.05, 4.69) is 41.4 Å². The van der Waals surface area contributed by atoms with E-state index in [0.29, 0.717) is 6.04 Å². The smallest absolute Gasteiger partial charge is 0.173 e. The van der Waals surface area contributed by atoms with Crippen molar-refractivity contribution in [1.29, 1.82) is 0 Å².